The molecule has 1 aromatic heterocycles. The maximum absolute atomic E-state index is 11.2. The Hall–Kier alpha value is -1.42. The largest absolute Gasteiger partial charge is 0.481 e. The van der Waals surface area contributed by atoms with Crippen molar-refractivity contribution in [1.82, 2.24) is 10.3 Å². The molecule has 2 rings (SSSR count). The lowest BCUT2D eigenvalue weighted by atomic mass is 9.76. The molecule has 0 amide bonds. The number of hydrogen-bond donors (Lipinski definition) is 2. The van der Waals surface area contributed by atoms with E-state index in [1.165, 1.54) is 0 Å². The van der Waals surface area contributed by atoms with E-state index in [9.17, 15) is 9.90 Å². The van der Waals surface area contributed by atoms with Gasteiger partial charge < -0.3 is 10.4 Å². The third-order valence-electron chi connectivity index (χ3n) is 3.03. The third kappa shape index (κ3) is 1.72. The van der Waals surface area contributed by atoms with Gasteiger partial charge in [0.15, 0.2) is 0 Å². The van der Waals surface area contributed by atoms with Crippen molar-refractivity contribution < 1.29 is 9.90 Å². The topological polar surface area (TPSA) is 62.2 Å². The van der Waals surface area contributed by atoms with E-state index in [0.29, 0.717) is 19.5 Å². The van der Waals surface area contributed by atoms with Crippen LogP contribution in [0.15, 0.2) is 18.3 Å². The van der Waals surface area contributed by atoms with E-state index >= 15 is 0 Å². The molecule has 1 aliphatic heterocycles. The maximum Gasteiger partial charge on any atom is 0.312 e. The number of carboxylic acids is 1. The number of pyridine rings is 1. The zero-order valence-corrected chi connectivity index (χ0v) is 8.66. The Balaban J connectivity index is 2.21. The molecule has 4 nitrogen and oxygen atoms in total. The van der Waals surface area contributed by atoms with Crippen molar-refractivity contribution >= 4 is 5.97 Å². The summed E-state index contributed by atoms with van der Waals surface area (Å²) in [5.41, 5.74) is 1.33. The molecule has 1 saturated heterocycles. The van der Waals surface area contributed by atoms with Crippen LogP contribution in [0.25, 0.3) is 0 Å². The minimum Gasteiger partial charge on any atom is -0.481 e. The number of aryl methyl sites for hydroxylation is 1. The molecule has 0 spiro atoms. The standard InChI is InChI=1S/C11H14N2O2/c1-8-9(3-2-4-13-8)5-11(10(14)15)6-12-7-11/h2-4,12H,5-7H2,1H3,(H,14,15). The fourth-order valence-corrected chi connectivity index (χ4v) is 1.85. The molecule has 1 aromatic rings. The third-order valence-corrected chi connectivity index (χ3v) is 3.03. The van der Waals surface area contributed by atoms with Gasteiger partial charge in [0.1, 0.15) is 0 Å². The number of nitrogens with one attached hydrogen (secondary N) is 1. The summed E-state index contributed by atoms with van der Waals surface area (Å²) in [6.07, 6.45) is 2.29. The van der Waals surface area contributed by atoms with Gasteiger partial charge in [-0.1, -0.05) is 6.07 Å². The van der Waals surface area contributed by atoms with Crippen molar-refractivity contribution in [2.45, 2.75) is 13.3 Å². The van der Waals surface area contributed by atoms with Gasteiger partial charge in [0.25, 0.3) is 0 Å². The Kier molecular flexibility index (Phi) is 2.44. The number of carboxylic acid groups (broad SMARTS) is 1. The summed E-state index contributed by atoms with van der Waals surface area (Å²) in [5.74, 6) is -0.718. The van der Waals surface area contributed by atoms with E-state index in [0.717, 1.165) is 11.3 Å². The second-order valence-electron chi connectivity index (χ2n) is 4.11. The Labute approximate surface area is 88.3 Å². The van der Waals surface area contributed by atoms with Gasteiger partial charge in [-0.3, -0.25) is 9.78 Å². The predicted octanol–water partition coefficient (Wildman–Crippen LogP) is 0.607. The maximum atomic E-state index is 11.2. The van der Waals surface area contributed by atoms with Gasteiger partial charge in [-0.05, 0) is 25.0 Å². The van der Waals surface area contributed by atoms with Gasteiger partial charge in [0.2, 0.25) is 0 Å². The molecule has 4 heteroatoms. The summed E-state index contributed by atoms with van der Waals surface area (Å²) in [6, 6.07) is 3.80. The van der Waals surface area contributed by atoms with Crippen molar-refractivity contribution in [3.8, 4) is 0 Å². The van der Waals surface area contributed by atoms with Crippen molar-refractivity contribution in [3.63, 3.8) is 0 Å². The summed E-state index contributed by atoms with van der Waals surface area (Å²) in [5, 5.41) is 12.2. The molecule has 0 atom stereocenters. The molecule has 15 heavy (non-hydrogen) atoms. The smallest absolute Gasteiger partial charge is 0.312 e. The van der Waals surface area contributed by atoms with Gasteiger partial charge >= 0.3 is 5.97 Å². The van der Waals surface area contributed by atoms with Crippen LogP contribution in [0.1, 0.15) is 11.3 Å². The molecule has 0 aliphatic carbocycles. The summed E-state index contributed by atoms with van der Waals surface area (Å²) in [6.45, 7) is 3.02. The lowest BCUT2D eigenvalue weighted by Crippen LogP contribution is -2.59. The van der Waals surface area contributed by atoms with Gasteiger partial charge in [0, 0.05) is 25.0 Å². The highest BCUT2D eigenvalue weighted by Gasteiger charge is 2.44. The van der Waals surface area contributed by atoms with E-state index in [4.69, 9.17) is 0 Å². The zero-order chi connectivity index (χ0) is 10.9. The minimum atomic E-state index is -0.718. The average Bonchev–Trinajstić information content (AvgIpc) is 2.13. The lowest BCUT2D eigenvalue weighted by molar-refractivity contribution is -0.152. The summed E-state index contributed by atoms with van der Waals surface area (Å²) in [4.78, 5) is 15.3. The first-order chi connectivity index (χ1) is 7.14. The minimum absolute atomic E-state index is 0.552. The number of hydrogen-bond acceptors (Lipinski definition) is 3. The summed E-state index contributed by atoms with van der Waals surface area (Å²) < 4.78 is 0. The number of nitrogens with zero attached hydrogens (tertiary/aromatic N) is 1. The van der Waals surface area contributed by atoms with Gasteiger partial charge in [-0.25, -0.2) is 0 Å². The Morgan fingerprint density at radius 2 is 2.40 bits per heavy atom. The Morgan fingerprint density at radius 1 is 1.67 bits per heavy atom. The van der Waals surface area contributed by atoms with Crippen LogP contribution in [0.5, 0.6) is 0 Å². The molecule has 0 bridgehead atoms. The van der Waals surface area contributed by atoms with Crippen LogP contribution in [-0.2, 0) is 11.2 Å². The zero-order valence-electron chi connectivity index (χ0n) is 8.66. The normalized spacial score (nSPS) is 18.2. The number of aliphatic carboxylic acids is 1. The van der Waals surface area contributed by atoms with Crippen LogP contribution in [0.4, 0.5) is 0 Å². The molecular weight excluding hydrogens is 192 g/mol. The number of aromatic nitrogens is 1. The first-order valence-corrected chi connectivity index (χ1v) is 4.99. The molecular formula is C11H14N2O2. The first-order valence-electron chi connectivity index (χ1n) is 4.99. The SMILES string of the molecule is Cc1ncccc1CC1(C(=O)O)CNC1. The van der Waals surface area contributed by atoms with Crippen molar-refractivity contribution in [2.75, 3.05) is 13.1 Å². The molecule has 0 unspecified atom stereocenters. The van der Waals surface area contributed by atoms with Crippen molar-refractivity contribution in [2.24, 2.45) is 5.41 Å². The fourth-order valence-electron chi connectivity index (χ4n) is 1.85. The second kappa shape index (κ2) is 3.62. The first kappa shape index (κ1) is 10.1. The van der Waals surface area contributed by atoms with Crippen LogP contribution in [0.3, 0.4) is 0 Å². The molecule has 1 fully saturated rings. The van der Waals surface area contributed by atoms with Crippen LogP contribution >= 0.6 is 0 Å². The average molecular weight is 206 g/mol. The van der Waals surface area contributed by atoms with Crippen molar-refractivity contribution in [1.29, 1.82) is 0 Å². The van der Waals surface area contributed by atoms with Crippen LogP contribution in [-0.4, -0.2) is 29.1 Å². The van der Waals surface area contributed by atoms with Gasteiger partial charge in [0.05, 0.1) is 5.41 Å². The van der Waals surface area contributed by atoms with Gasteiger partial charge in [-0.15, -0.1) is 0 Å². The molecule has 2 heterocycles. The molecule has 1 aliphatic rings. The van der Waals surface area contributed by atoms with Crippen LogP contribution in [0, 0.1) is 12.3 Å². The monoisotopic (exact) mass is 206 g/mol. The van der Waals surface area contributed by atoms with E-state index in [-0.39, 0.29) is 0 Å². The highest BCUT2D eigenvalue weighted by atomic mass is 16.4. The van der Waals surface area contributed by atoms with E-state index in [2.05, 4.69) is 10.3 Å². The molecule has 0 aromatic carbocycles. The summed E-state index contributed by atoms with van der Waals surface area (Å²) >= 11 is 0. The van der Waals surface area contributed by atoms with E-state index < -0.39 is 11.4 Å². The fraction of sp³-hybridized carbons (Fsp3) is 0.455. The van der Waals surface area contributed by atoms with Crippen LogP contribution < -0.4 is 5.32 Å². The second-order valence-corrected chi connectivity index (χ2v) is 4.11. The Bertz CT molecular complexity index is 386. The van der Waals surface area contributed by atoms with Crippen molar-refractivity contribution in [3.05, 3.63) is 29.6 Å². The summed E-state index contributed by atoms with van der Waals surface area (Å²) in [7, 11) is 0. The predicted molar refractivity (Wildman–Crippen MR) is 55.6 cm³/mol. The molecule has 2 N–H and O–H groups in total. The molecule has 0 radical (unpaired) electrons. The Morgan fingerprint density at radius 3 is 2.87 bits per heavy atom. The number of rotatable bonds is 3. The lowest BCUT2D eigenvalue weighted by Gasteiger charge is -2.38. The van der Waals surface area contributed by atoms with E-state index in [1.807, 2.05) is 19.1 Å². The van der Waals surface area contributed by atoms with E-state index in [1.54, 1.807) is 6.20 Å². The van der Waals surface area contributed by atoms with Gasteiger partial charge in [-0.2, -0.15) is 0 Å². The quantitative estimate of drug-likeness (QED) is 0.760. The van der Waals surface area contributed by atoms with Crippen LogP contribution in [0.2, 0.25) is 0 Å². The highest BCUT2D eigenvalue weighted by Crippen LogP contribution is 2.28. The molecule has 0 saturated carbocycles. The highest BCUT2D eigenvalue weighted by molar-refractivity contribution is 5.77. The number of carbonyl (C=O) groups is 1. The molecule has 80 valence electrons.